The van der Waals surface area contributed by atoms with Crippen LogP contribution in [0.25, 0.3) is 15.9 Å². The summed E-state index contributed by atoms with van der Waals surface area (Å²) in [6.45, 7) is 6.29. The molecule has 4 nitrogen and oxygen atoms in total. The number of nitrogens with zero attached hydrogens (tertiary/aromatic N) is 2. The molecule has 4 rings (SSSR count). The first-order valence-corrected chi connectivity index (χ1v) is 11.2. The van der Waals surface area contributed by atoms with Gasteiger partial charge in [0.15, 0.2) is 0 Å². The molecule has 4 aromatic rings. The zero-order valence-electron chi connectivity index (χ0n) is 16.2. The van der Waals surface area contributed by atoms with Gasteiger partial charge in [-0.3, -0.25) is 4.79 Å². The first-order chi connectivity index (χ1) is 13.6. The molecule has 0 aliphatic rings. The molecule has 0 bridgehead atoms. The number of hydrogen-bond donors (Lipinski definition) is 1. The van der Waals surface area contributed by atoms with Crippen molar-refractivity contribution in [3.63, 3.8) is 0 Å². The highest BCUT2D eigenvalue weighted by Gasteiger charge is 2.24. The molecule has 0 aliphatic carbocycles. The monoisotopic (exact) mass is 409 g/mol. The predicted octanol–water partition coefficient (Wildman–Crippen LogP) is 6.04. The molecular formula is C22H23N3OS2. The highest BCUT2D eigenvalue weighted by molar-refractivity contribution is 7.21. The van der Waals surface area contributed by atoms with E-state index in [0.29, 0.717) is 4.88 Å². The molecule has 0 radical (unpaired) electrons. The fourth-order valence-corrected chi connectivity index (χ4v) is 5.45. The average Bonchev–Trinajstić information content (AvgIpc) is 3.41. The number of carbonyl (C=O) groups is 1. The lowest BCUT2D eigenvalue weighted by Crippen LogP contribution is -2.28. The van der Waals surface area contributed by atoms with Gasteiger partial charge in [0.1, 0.15) is 9.71 Å². The molecule has 1 amide bonds. The van der Waals surface area contributed by atoms with Crippen molar-refractivity contribution < 1.29 is 4.79 Å². The lowest BCUT2D eigenvalue weighted by Gasteiger charge is -2.18. The number of pyridine rings is 1. The molecular weight excluding hydrogens is 386 g/mol. The summed E-state index contributed by atoms with van der Waals surface area (Å²) < 4.78 is 2.16. The van der Waals surface area contributed by atoms with Gasteiger partial charge in [0.05, 0.1) is 11.7 Å². The van der Waals surface area contributed by atoms with E-state index in [-0.39, 0.29) is 11.9 Å². The van der Waals surface area contributed by atoms with Crippen LogP contribution in [-0.4, -0.2) is 15.5 Å². The summed E-state index contributed by atoms with van der Waals surface area (Å²) >= 11 is 3.16. The number of carbonyl (C=O) groups excluding carboxylic acids is 1. The van der Waals surface area contributed by atoms with Crippen molar-refractivity contribution in [2.45, 2.75) is 39.7 Å². The lowest BCUT2D eigenvalue weighted by atomic mass is 10.1. The zero-order valence-corrected chi connectivity index (χ0v) is 17.9. The normalized spacial score (nSPS) is 12.4. The smallest absolute Gasteiger partial charge is 0.264 e. The molecule has 0 saturated heterocycles. The molecule has 0 saturated carbocycles. The van der Waals surface area contributed by atoms with E-state index in [1.807, 2.05) is 18.2 Å². The van der Waals surface area contributed by atoms with Crippen LogP contribution in [0, 0.1) is 13.8 Å². The Kier molecular flexibility index (Phi) is 5.33. The SMILES string of the molecule is CCCC(NC(=O)c1sc2ncccc2c1-n1c(C)ccc1C)c1cccs1. The number of amides is 1. The maximum absolute atomic E-state index is 13.4. The Labute approximate surface area is 172 Å². The van der Waals surface area contributed by atoms with Gasteiger partial charge in [-0.15, -0.1) is 22.7 Å². The minimum Gasteiger partial charge on any atom is -0.344 e. The Morgan fingerprint density at radius 2 is 1.96 bits per heavy atom. The molecule has 4 heterocycles. The van der Waals surface area contributed by atoms with Crippen molar-refractivity contribution in [3.8, 4) is 5.69 Å². The first kappa shape index (κ1) is 18.9. The summed E-state index contributed by atoms with van der Waals surface area (Å²) in [6, 6.07) is 12.3. The van der Waals surface area contributed by atoms with Crippen molar-refractivity contribution in [3.05, 3.63) is 69.1 Å². The van der Waals surface area contributed by atoms with Gasteiger partial charge >= 0.3 is 0 Å². The van der Waals surface area contributed by atoms with Gasteiger partial charge in [0.25, 0.3) is 5.91 Å². The Morgan fingerprint density at radius 3 is 2.64 bits per heavy atom. The number of aryl methyl sites for hydroxylation is 2. The van der Waals surface area contributed by atoms with Gasteiger partial charge in [-0.05, 0) is 56.0 Å². The van der Waals surface area contributed by atoms with Gasteiger partial charge in [-0.1, -0.05) is 19.4 Å². The molecule has 1 atom stereocenters. The number of thiophene rings is 2. The van der Waals surface area contributed by atoms with E-state index in [4.69, 9.17) is 0 Å². The molecule has 0 fully saturated rings. The fraction of sp³-hybridized carbons (Fsp3) is 0.273. The zero-order chi connectivity index (χ0) is 19.7. The molecule has 4 aromatic heterocycles. The van der Waals surface area contributed by atoms with Crippen LogP contribution in [-0.2, 0) is 0 Å². The third kappa shape index (κ3) is 3.38. The number of nitrogens with one attached hydrogen (secondary N) is 1. The largest absolute Gasteiger partial charge is 0.344 e. The molecule has 1 N–H and O–H groups in total. The quantitative estimate of drug-likeness (QED) is 0.422. The van der Waals surface area contributed by atoms with E-state index in [0.717, 1.165) is 40.1 Å². The van der Waals surface area contributed by atoms with Crippen LogP contribution in [0.5, 0.6) is 0 Å². The van der Waals surface area contributed by atoms with E-state index < -0.39 is 0 Å². The molecule has 6 heteroatoms. The van der Waals surface area contributed by atoms with Gasteiger partial charge in [0.2, 0.25) is 0 Å². The third-order valence-corrected chi connectivity index (χ3v) is 7.00. The standard InChI is InChI=1S/C22H23N3OS2/c1-4-7-17(18-9-6-13-27-18)24-21(26)20-19(25-14(2)10-11-15(25)3)16-8-5-12-23-22(16)28-20/h5-6,8-13,17H,4,7H2,1-3H3,(H,24,26). The predicted molar refractivity (Wildman–Crippen MR) is 118 cm³/mol. The van der Waals surface area contributed by atoms with E-state index in [2.05, 4.69) is 59.2 Å². The molecule has 144 valence electrons. The summed E-state index contributed by atoms with van der Waals surface area (Å²) in [4.78, 5) is 20.7. The average molecular weight is 410 g/mol. The van der Waals surface area contributed by atoms with Crippen LogP contribution in [0.15, 0.2) is 48.0 Å². The van der Waals surface area contributed by atoms with E-state index >= 15 is 0 Å². The Balaban J connectivity index is 1.80. The maximum atomic E-state index is 13.4. The minimum atomic E-state index is -0.0302. The van der Waals surface area contributed by atoms with Crippen LogP contribution in [0.1, 0.15) is 51.7 Å². The lowest BCUT2D eigenvalue weighted by molar-refractivity contribution is 0.0939. The molecule has 1 unspecified atom stereocenters. The second-order valence-corrected chi connectivity index (χ2v) is 8.90. The van der Waals surface area contributed by atoms with Gasteiger partial charge in [-0.25, -0.2) is 4.98 Å². The van der Waals surface area contributed by atoms with Gasteiger partial charge in [0, 0.05) is 27.8 Å². The second kappa shape index (κ2) is 7.89. The highest BCUT2D eigenvalue weighted by Crippen LogP contribution is 2.35. The number of hydrogen-bond acceptors (Lipinski definition) is 4. The number of aromatic nitrogens is 2. The summed E-state index contributed by atoms with van der Waals surface area (Å²) in [5.41, 5.74) is 3.16. The summed E-state index contributed by atoms with van der Waals surface area (Å²) in [5.74, 6) is -0.0302. The molecule has 28 heavy (non-hydrogen) atoms. The molecule has 0 aromatic carbocycles. The van der Waals surface area contributed by atoms with E-state index in [1.54, 1.807) is 17.5 Å². The van der Waals surface area contributed by atoms with Crippen molar-refractivity contribution >= 4 is 38.8 Å². The summed E-state index contributed by atoms with van der Waals surface area (Å²) in [5, 5.41) is 6.36. The Hall–Kier alpha value is -2.44. The van der Waals surface area contributed by atoms with Crippen molar-refractivity contribution in [1.82, 2.24) is 14.9 Å². The first-order valence-electron chi connectivity index (χ1n) is 9.47. The van der Waals surface area contributed by atoms with Crippen LogP contribution in [0.4, 0.5) is 0 Å². The van der Waals surface area contributed by atoms with Crippen LogP contribution < -0.4 is 5.32 Å². The Morgan fingerprint density at radius 1 is 1.18 bits per heavy atom. The highest BCUT2D eigenvalue weighted by atomic mass is 32.1. The third-order valence-electron chi connectivity index (χ3n) is 4.91. The van der Waals surface area contributed by atoms with Crippen molar-refractivity contribution in [1.29, 1.82) is 0 Å². The number of fused-ring (bicyclic) bond motifs is 1. The van der Waals surface area contributed by atoms with Gasteiger partial charge < -0.3 is 9.88 Å². The summed E-state index contributed by atoms with van der Waals surface area (Å²) in [7, 11) is 0. The minimum absolute atomic E-state index is 0.0302. The van der Waals surface area contributed by atoms with Gasteiger partial charge in [-0.2, -0.15) is 0 Å². The van der Waals surface area contributed by atoms with Crippen molar-refractivity contribution in [2.75, 3.05) is 0 Å². The summed E-state index contributed by atoms with van der Waals surface area (Å²) in [6.07, 6.45) is 3.72. The maximum Gasteiger partial charge on any atom is 0.264 e. The van der Waals surface area contributed by atoms with Crippen LogP contribution in [0.3, 0.4) is 0 Å². The van der Waals surface area contributed by atoms with E-state index in [9.17, 15) is 4.79 Å². The fourth-order valence-electron chi connectivity index (χ4n) is 3.60. The van der Waals surface area contributed by atoms with Crippen LogP contribution >= 0.6 is 22.7 Å². The van der Waals surface area contributed by atoms with E-state index in [1.165, 1.54) is 16.2 Å². The van der Waals surface area contributed by atoms with Crippen molar-refractivity contribution in [2.24, 2.45) is 0 Å². The van der Waals surface area contributed by atoms with Crippen LogP contribution in [0.2, 0.25) is 0 Å². The number of rotatable bonds is 6. The second-order valence-electron chi connectivity index (χ2n) is 6.92. The topological polar surface area (TPSA) is 46.9 Å². The Bertz CT molecular complexity index is 1090. The molecule has 0 aliphatic heterocycles. The molecule has 0 spiro atoms.